The summed E-state index contributed by atoms with van der Waals surface area (Å²) in [7, 11) is 0. The lowest BCUT2D eigenvalue weighted by molar-refractivity contribution is 1.05. The van der Waals surface area contributed by atoms with Crippen molar-refractivity contribution in [2.45, 2.75) is 0 Å². The molecule has 3 aromatic rings. The van der Waals surface area contributed by atoms with Crippen LogP contribution in [0.2, 0.25) is 0 Å². The van der Waals surface area contributed by atoms with Crippen molar-refractivity contribution in [1.82, 2.24) is 10.2 Å². The van der Waals surface area contributed by atoms with E-state index in [1.165, 1.54) is 6.20 Å². The SMILES string of the molecule is O=c1c2ccccc2sc2cnncc12. The number of hydrogen-bond acceptors (Lipinski definition) is 4. The van der Waals surface area contributed by atoms with Gasteiger partial charge in [-0.3, -0.25) is 4.79 Å². The molecule has 0 bridgehead atoms. The van der Waals surface area contributed by atoms with Crippen molar-refractivity contribution in [3.05, 3.63) is 46.9 Å². The van der Waals surface area contributed by atoms with Gasteiger partial charge in [-0.05, 0) is 12.1 Å². The first-order valence-corrected chi connectivity index (χ1v) is 5.30. The maximum absolute atomic E-state index is 12.0. The second-order valence-electron chi connectivity index (χ2n) is 3.19. The minimum Gasteiger partial charge on any atom is -0.288 e. The molecule has 0 fully saturated rings. The van der Waals surface area contributed by atoms with Crippen molar-refractivity contribution in [1.29, 1.82) is 0 Å². The molecule has 0 radical (unpaired) electrons. The van der Waals surface area contributed by atoms with Gasteiger partial charge in [0.15, 0.2) is 5.43 Å². The fourth-order valence-corrected chi connectivity index (χ4v) is 2.58. The van der Waals surface area contributed by atoms with Crippen molar-refractivity contribution in [3.63, 3.8) is 0 Å². The molecule has 0 unspecified atom stereocenters. The third-order valence-electron chi connectivity index (χ3n) is 2.29. The molecule has 0 aliphatic carbocycles. The van der Waals surface area contributed by atoms with Crippen LogP contribution in [0.25, 0.3) is 20.2 Å². The summed E-state index contributed by atoms with van der Waals surface area (Å²) >= 11 is 1.56. The molecule has 0 saturated carbocycles. The average molecular weight is 214 g/mol. The van der Waals surface area contributed by atoms with E-state index >= 15 is 0 Å². The van der Waals surface area contributed by atoms with Crippen LogP contribution in [-0.4, -0.2) is 10.2 Å². The smallest absolute Gasteiger partial charge is 0.197 e. The Morgan fingerprint density at radius 2 is 1.73 bits per heavy atom. The van der Waals surface area contributed by atoms with Gasteiger partial charge in [-0.1, -0.05) is 12.1 Å². The van der Waals surface area contributed by atoms with Gasteiger partial charge in [-0.15, -0.1) is 11.3 Å². The van der Waals surface area contributed by atoms with Crippen LogP contribution in [0.3, 0.4) is 0 Å². The molecule has 3 rings (SSSR count). The largest absolute Gasteiger partial charge is 0.288 e. The van der Waals surface area contributed by atoms with Crippen LogP contribution in [0.15, 0.2) is 41.5 Å². The maximum Gasteiger partial charge on any atom is 0.197 e. The van der Waals surface area contributed by atoms with Crippen LogP contribution in [0.4, 0.5) is 0 Å². The first-order valence-electron chi connectivity index (χ1n) is 4.48. The van der Waals surface area contributed by atoms with E-state index in [0.29, 0.717) is 5.39 Å². The van der Waals surface area contributed by atoms with Crippen molar-refractivity contribution in [2.24, 2.45) is 0 Å². The Balaban J connectivity index is 2.66. The third-order valence-corrected chi connectivity index (χ3v) is 3.41. The van der Waals surface area contributed by atoms with Gasteiger partial charge in [0.25, 0.3) is 0 Å². The molecule has 15 heavy (non-hydrogen) atoms. The number of nitrogens with zero attached hydrogens (tertiary/aromatic N) is 2. The summed E-state index contributed by atoms with van der Waals surface area (Å²) in [5.74, 6) is 0. The van der Waals surface area contributed by atoms with Gasteiger partial charge in [0.05, 0.1) is 22.5 Å². The van der Waals surface area contributed by atoms with E-state index in [1.807, 2.05) is 24.3 Å². The van der Waals surface area contributed by atoms with Crippen LogP contribution >= 0.6 is 11.3 Å². The fourth-order valence-electron chi connectivity index (χ4n) is 1.57. The van der Waals surface area contributed by atoms with Gasteiger partial charge < -0.3 is 0 Å². The molecule has 2 aromatic heterocycles. The third kappa shape index (κ3) is 1.22. The maximum atomic E-state index is 12.0. The Hall–Kier alpha value is -1.81. The van der Waals surface area contributed by atoms with Gasteiger partial charge in [-0.25, -0.2) is 0 Å². The van der Waals surface area contributed by atoms with Gasteiger partial charge >= 0.3 is 0 Å². The van der Waals surface area contributed by atoms with Crippen LogP contribution in [-0.2, 0) is 0 Å². The summed E-state index contributed by atoms with van der Waals surface area (Å²) in [5.41, 5.74) is 0.0363. The molecule has 0 N–H and O–H groups in total. The molecule has 0 amide bonds. The normalized spacial score (nSPS) is 10.9. The number of aromatic nitrogens is 2. The van der Waals surface area contributed by atoms with Crippen LogP contribution < -0.4 is 5.43 Å². The molecule has 2 heterocycles. The molecule has 0 aliphatic rings. The number of benzene rings is 1. The number of fused-ring (bicyclic) bond motifs is 2. The molecule has 0 aliphatic heterocycles. The zero-order valence-corrected chi connectivity index (χ0v) is 8.49. The van der Waals surface area contributed by atoms with Gasteiger partial charge in [0.2, 0.25) is 0 Å². The molecule has 1 aromatic carbocycles. The highest BCUT2D eigenvalue weighted by Crippen LogP contribution is 2.22. The Labute approximate surface area is 89.0 Å². The van der Waals surface area contributed by atoms with Gasteiger partial charge in [0, 0.05) is 10.1 Å². The molecular formula is C11H6N2OS. The van der Waals surface area contributed by atoms with E-state index in [2.05, 4.69) is 10.2 Å². The Kier molecular flexibility index (Phi) is 1.76. The van der Waals surface area contributed by atoms with E-state index in [0.717, 1.165) is 14.8 Å². The molecule has 3 nitrogen and oxygen atoms in total. The lowest BCUT2D eigenvalue weighted by Gasteiger charge is -1.98. The van der Waals surface area contributed by atoms with Crippen LogP contribution in [0.5, 0.6) is 0 Å². The molecule has 0 spiro atoms. The van der Waals surface area contributed by atoms with E-state index in [-0.39, 0.29) is 5.43 Å². The predicted octanol–water partition coefficient (Wildman–Crippen LogP) is 2.20. The lowest BCUT2D eigenvalue weighted by Crippen LogP contribution is -2.01. The minimum absolute atomic E-state index is 0.0363. The van der Waals surface area contributed by atoms with Crippen molar-refractivity contribution >= 4 is 31.5 Å². The van der Waals surface area contributed by atoms with Gasteiger partial charge in [-0.2, -0.15) is 10.2 Å². The summed E-state index contributed by atoms with van der Waals surface area (Å²) in [6.45, 7) is 0. The average Bonchev–Trinajstić information content (AvgIpc) is 2.30. The highest BCUT2D eigenvalue weighted by molar-refractivity contribution is 7.24. The van der Waals surface area contributed by atoms with Crippen molar-refractivity contribution < 1.29 is 0 Å². The molecular weight excluding hydrogens is 208 g/mol. The van der Waals surface area contributed by atoms with Gasteiger partial charge in [0.1, 0.15) is 0 Å². The minimum atomic E-state index is 0.0363. The Morgan fingerprint density at radius 3 is 2.67 bits per heavy atom. The van der Waals surface area contributed by atoms with Crippen molar-refractivity contribution in [3.8, 4) is 0 Å². The topological polar surface area (TPSA) is 42.9 Å². The molecule has 0 saturated heterocycles. The molecule has 4 heteroatoms. The Morgan fingerprint density at radius 1 is 0.933 bits per heavy atom. The van der Waals surface area contributed by atoms with Crippen LogP contribution in [0, 0.1) is 0 Å². The number of hydrogen-bond donors (Lipinski definition) is 0. The van der Waals surface area contributed by atoms with E-state index in [4.69, 9.17) is 0 Å². The summed E-state index contributed by atoms with van der Waals surface area (Å²) in [6, 6.07) is 7.59. The zero-order valence-electron chi connectivity index (χ0n) is 7.68. The summed E-state index contributed by atoms with van der Waals surface area (Å²) in [4.78, 5) is 12.0. The van der Waals surface area contributed by atoms with Crippen LogP contribution in [0.1, 0.15) is 0 Å². The summed E-state index contributed by atoms with van der Waals surface area (Å²) < 4.78 is 1.87. The summed E-state index contributed by atoms with van der Waals surface area (Å²) in [6.07, 6.45) is 3.16. The molecule has 0 atom stereocenters. The molecule has 72 valence electrons. The zero-order chi connectivity index (χ0) is 10.3. The highest BCUT2D eigenvalue weighted by Gasteiger charge is 2.04. The Bertz CT molecular complexity index is 648. The second-order valence-corrected chi connectivity index (χ2v) is 4.28. The highest BCUT2D eigenvalue weighted by atomic mass is 32.1. The standard InChI is InChI=1S/C11H6N2OS/c14-11-7-3-1-2-4-9(7)15-10-6-13-12-5-8(10)11/h1-6H. The first-order chi connectivity index (χ1) is 7.36. The first kappa shape index (κ1) is 8.49. The monoisotopic (exact) mass is 214 g/mol. The van der Waals surface area contributed by atoms with E-state index in [1.54, 1.807) is 17.5 Å². The second kappa shape index (κ2) is 3.10. The van der Waals surface area contributed by atoms with E-state index in [9.17, 15) is 4.79 Å². The lowest BCUT2D eigenvalue weighted by atomic mass is 10.2. The quantitative estimate of drug-likeness (QED) is 0.539. The fraction of sp³-hybridized carbons (Fsp3) is 0. The van der Waals surface area contributed by atoms with Crippen molar-refractivity contribution in [2.75, 3.05) is 0 Å². The predicted molar refractivity (Wildman–Crippen MR) is 61.2 cm³/mol. The number of rotatable bonds is 0. The van der Waals surface area contributed by atoms with E-state index < -0.39 is 0 Å². The summed E-state index contributed by atoms with van der Waals surface area (Å²) in [5, 5.41) is 8.92.